The lowest BCUT2D eigenvalue weighted by Gasteiger charge is -2.23. The van der Waals surface area contributed by atoms with Crippen molar-refractivity contribution in [1.82, 2.24) is 10.3 Å². The van der Waals surface area contributed by atoms with Crippen LogP contribution in [-0.4, -0.2) is 18.1 Å². The largest absolute Gasteiger partial charge is 0.316 e. The molecule has 2 nitrogen and oxygen atoms in total. The molecule has 0 bridgehead atoms. The van der Waals surface area contributed by atoms with E-state index in [2.05, 4.69) is 45.9 Å². The molecular formula is C11H15IN2. The molecule has 1 aromatic rings. The molecule has 1 aliphatic heterocycles. The summed E-state index contributed by atoms with van der Waals surface area (Å²) in [7, 11) is 0. The quantitative estimate of drug-likeness (QED) is 0.806. The predicted molar refractivity (Wildman–Crippen MR) is 66.5 cm³/mol. The third-order valence-electron chi connectivity index (χ3n) is 2.77. The van der Waals surface area contributed by atoms with Crippen LogP contribution >= 0.6 is 22.6 Å². The van der Waals surface area contributed by atoms with Gasteiger partial charge in [0.05, 0.1) is 0 Å². The summed E-state index contributed by atoms with van der Waals surface area (Å²) in [5, 5.41) is 3.43. The maximum absolute atomic E-state index is 4.55. The van der Waals surface area contributed by atoms with Crippen LogP contribution in [0, 0.1) is 10.5 Å². The Morgan fingerprint density at radius 2 is 2.43 bits per heavy atom. The number of aryl methyl sites for hydroxylation is 1. The third-order valence-corrected chi connectivity index (χ3v) is 3.36. The highest BCUT2D eigenvalue weighted by Gasteiger charge is 2.17. The molecule has 1 N–H and O–H groups in total. The zero-order valence-electron chi connectivity index (χ0n) is 8.39. The lowest BCUT2D eigenvalue weighted by Crippen LogP contribution is -2.29. The van der Waals surface area contributed by atoms with Crippen LogP contribution in [0.15, 0.2) is 12.3 Å². The van der Waals surface area contributed by atoms with Crippen LogP contribution in [0.2, 0.25) is 0 Å². The summed E-state index contributed by atoms with van der Waals surface area (Å²) < 4.78 is 1.23. The van der Waals surface area contributed by atoms with E-state index in [1.54, 1.807) is 0 Å². The molecule has 0 aromatic carbocycles. The van der Waals surface area contributed by atoms with Crippen LogP contribution in [0.1, 0.15) is 30.0 Å². The van der Waals surface area contributed by atoms with Gasteiger partial charge in [0.2, 0.25) is 0 Å². The Bertz CT molecular complexity index is 319. The summed E-state index contributed by atoms with van der Waals surface area (Å²) in [6, 6.07) is 2.22. The van der Waals surface area contributed by atoms with Crippen molar-refractivity contribution in [3.63, 3.8) is 0 Å². The fraction of sp³-hybridized carbons (Fsp3) is 0.545. The number of hydrogen-bond acceptors (Lipinski definition) is 2. The van der Waals surface area contributed by atoms with Gasteiger partial charge in [-0.15, -0.1) is 0 Å². The van der Waals surface area contributed by atoms with E-state index in [9.17, 15) is 0 Å². The molecule has 1 fully saturated rings. The molecular weight excluding hydrogens is 287 g/mol. The molecule has 0 aliphatic carbocycles. The van der Waals surface area contributed by atoms with Crippen LogP contribution in [0.25, 0.3) is 0 Å². The molecule has 2 heterocycles. The highest BCUT2D eigenvalue weighted by Crippen LogP contribution is 2.24. The molecule has 76 valence electrons. The summed E-state index contributed by atoms with van der Waals surface area (Å²) in [5.74, 6) is 0.626. The summed E-state index contributed by atoms with van der Waals surface area (Å²) in [6.07, 6.45) is 4.52. The summed E-state index contributed by atoms with van der Waals surface area (Å²) in [4.78, 5) is 4.55. The molecule has 0 radical (unpaired) electrons. The minimum absolute atomic E-state index is 0.626. The van der Waals surface area contributed by atoms with Gasteiger partial charge in [-0.25, -0.2) is 0 Å². The molecule has 0 amide bonds. The van der Waals surface area contributed by atoms with Crippen molar-refractivity contribution in [2.24, 2.45) is 0 Å². The number of halogens is 1. The Balaban J connectivity index is 2.22. The smallest absolute Gasteiger partial charge is 0.0477 e. The van der Waals surface area contributed by atoms with E-state index in [1.807, 2.05) is 6.20 Å². The molecule has 3 heteroatoms. The van der Waals surface area contributed by atoms with Gasteiger partial charge in [0.15, 0.2) is 0 Å². The molecule has 1 unspecified atom stereocenters. The molecule has 1 aromatic heterocycles. The van der Waals surface area contributed by atoms with E-state index in [4.69, 9.17) is 0 Å². The van der Waals surface area contributed by atoms with Gasteiger partial charge < -0.3 is 5.32 Å². The standard InChI is InChI=1S/C11H15IN2/c1-8-5-10(12)7-14-11(8)9-3-2-4-13-6-9/h5,7,9,13H,2-4,6H2,1H3. The van der Waals surface area contributed by atoms with Gasteiger partial charge in [-0.2, -0.15) is 0 Å². The Morgan fingerprint density at radius 3 is 3.07 bits per heavy atom. The van der Waals surface area contributed by atoms with Gasteiger partial charge in [-0.05, 0) is 60.5 Å². The molecule has 0 saturated carbocycles. The van der Waals surface area contributed by atoms with Crippen molar-refractivity contribution < 1.29 is 0 Å². The van der Waals surface area contributed by atoms with E-state index in [0.29, 0.717) is 5.92 Å². The first kappa shape index (κ1) is 10.4. The highest BCUT2D eigenvalue weighted by atomic mass is 127. The second kappa shape index (κ2) is 4.57. The van der Waals surface area contributed by atoms with E-state index in [1.165, 1.54) is 34.2 Å². The number of rotatable bonds is 1. The van der Waals surface area contributed by atoms with Gasteiger partial charge in [0.1, 0.15) is 0 Å². The first-order valence-corrected chi connectivity index (χ1v) is 6.18. The zero-order valence-corrected chi connectivity index (χ0v) is 10.5. The van der Waals surface area contributed by atoms with Crippen molar-refractivity contribution in [1.29, 1.82) is 0 Å². The Labute approximate surface area is 98.6 Å². The molecule has 1 aliphatic rings. The lowest BCUT2D eigenvalue weighted by molar-refractivity contribution is 0.453. The van der Waals surface area contributed by atoms with Crippen LogP contribution < -0.4 is 5.32 Å². The predicted octanol–water partition coefficient (Wildman–Crippen LogP) is 2.46. The monoisotopic (exact) mass is 302 g/mol. The van der Waals surface area contributed by atoms with Crippen molar-refractivity contribution in [2.45, 2.75) is 25.7 Å². The summed E-state index contributed by atoms with van der Waals surface area (Å²) in [6.45, 7) is 4.42. The fourth-order valence-corrected chi connectivity index (χ4v) is 2.67. The van der Waals surface area contributed by atoms with Crippen LogP contribution in [0.5, 0.6) is 0 Å². The van der Waals surface area contributed by atoms with Crippen molar-refractivity contribution >= 4 is 22.6 Å². The van der Waals surface area contributed by atoms with Crippen LogP contribution in [0.3, 0.4) is 0 Å². The number of piperidine rings is 1. The Morgan fingerprint density at radius 1 is 1.57 bits per heavy atom. The minimum Gasteiger partial charge on any atom is -0.316 e. The number of nitrogens with one attached hydrogen (secondary N) is 1. The van der Waals surface area contributed by atoms with Crippen LogP contribution in [0.4, 0.5) is 0 Å². The average molecular weight is 302 g/mol. The Hall–Kier alpha value is -0.160. The van der Waals surface area contributed by atoms with Crippen molar-refractivity contribution in [2.75, 3.05) is 13.1 Å². The molecule has 0 spiro atoms. The van der Waals surface area contributed by atoms with Crippen molar-refractivity contribution in [3.8, 4) is 0 Å². The topological polar surface area (TPSA) is 24.9 Å². The van der Waals surface area contributed by atoms with E-state index < -0.39 is 0 Å². The Kier molecular flexibility index (Phi) is 3.38. The minimum atomic E-state index is 0.626. The van der Waals surface area contributed by atoms with Gasteiger partial charge in [-0.3, -0.25) is 4.98 Å². The SMILES string of the molecule is Cc1cc(I)cnc1C1CCCNC1. The number of hydrogen-bond donors (Lipinski definition) is 1. The maximum atomic E-state index is 4.55. The first-order valence-electron chi connectivity index (χ1n) is 5.10. The van der Waals surface area contributed by atoms with Crippen molar-refractivity contribution in [3.05, 3.63) is 27.1 Å². The van der Waals surface area contributed by atoms with Gasteiger partial charge >= 0.3 is 0 Å². The molecule has 14 heavy (non-hydrogen) atoms. The molecule has 2 rings (SSSR count). The molecule has 1 atom stereocenters. The van der Waals surface area contributed by atoms with E-state index >= 15 is 0 Å². The van der Waals surface area contributed by atoms with Gasteiger partial charge in [-0.1, -0.05) is 0 Å². The first-order chi connectivity index (χ1) is 6.77. The lowest BCUT2D eigenvalue weighted by atomic mass is 9.93. The van der Waals surface area contributed by atoms with E-state index in [0.717, 1.165) is 6.54 Å². The van der Waals surface area contributed by atoms with Crippen LogP contribution in [-0.2, 0) is 0 Å². The third kappa shape index (κ3) is 2.25. The highest BCUT2D eigenvalue weighted by molar-refractivity contribution is 14.1. The number of nitrogens with zero attached hydrogens (tertiary/aromatic N) is 1. The average Bonchev–Trinajstić information content (AvgIpc) is 2.19. The molecule has 1 saturated heterocycles. The number of pyridine rings is 1. The zero-order chi connectivity index (χ0) is 9.97. The van der Waals surface area contributed by atoms with Gasteiger partial charge in [0, 0.05) is 27.9 Å². The number of aromatic nitrogens is 1. The second-order valence-electron chi connectivity index (χ2n) is 3.90. The fourth-order valence-electron chi connectivity index (χ4n) is 2.06. The van der Waals surface area contributed by atoms with E-state index in [-0.39, 0.29) is 0 Å². The maximum Gasteiger partial charge on any atom is 0.0477 e. The summed E-state index contributed by atoms with van der Waals surface area (Å²) in [5.41, 5.74) is 2.63. The van der Waals surface area contributed by atoms with Gasteiger partial charge in [0.25, 0.3) is 0 Å². The second-order valence-corrected chi connectivity index (χ2v) is 5.14. The normalized spacial score (nSPS) is 22.3. The summed E-state index contributed by atoms with van der Waals surface area (Å²) >= 11 is 2.31.